The van der Waals surface area contributed by atoms with Crippen molar-refractivity contribution in [3.05, 3.63) is 17.8 Å². The molecule has 2 aromatic heterocycles. The zero-order valence-electron chi connectivity index (χ0n) is 11.3. The predicted molar refractivity (Wildman–Crippen MR) is 74.8 cm³/mol. The van der Waals surface area contributed by atoms with Gasteiger partial charge in [0.05, 0.1) is 0 Å². The lowest BCUT2D eigenvalue weighted by atomic mass is 10.3. The summed E-state index contributed by atoms with van der Waals surface area (Å²) in [6.07, 6.45) is 3.61. The van der Waals surface area contributed by atoms with Gasteiger partial charge < -0.3 is 10.5 Å². The molecule has 5 nitrogen and oxygen atoms in total. The van der Waals surface area contributed by atoms with Gasteiger partial charge in [-0.2, -0.15) is 0 Å². The van der Waals surface area contributed by atoms with E-state index in [1.54, 1.807) is 0 Å². The molecule has 2 aromatic rings. The zero-order valence-corrected chi connectivity index (χ0v) is 11.3. The van der Waals surface area contributed by atoms with Crippen molar-refractivity contribution in [2.45, 2.75) is 32.7 Å². The lowest BCUT2D eigenvalue weighted by Gasteiger charge is -2.06. The number of nitrogens with zero attached hydrogens (tertiary/aromatic N) is 3. The fraction of sp³-hybridized carbons (Fsp3) is 0.571. The Morgan fingerprint density at radius 2 is 2.21 bits per heavy atom. The lowest BCUT2D eigenvalue weighted by Crippen LogP contribution is -2.07. The van der Waals surface area contributed by atoms with Crippen molar-refractivity contribution >= 4 is 17.1 Å². The topological polar surface area (TPSA) is 66.0 Å². The van der Waals surface area contributed by atoms with Gasteiger partial charge in [-0.1, -0.05) is 0 Å². The van der Waals surface area contributed by atoms with Crippen molar-refractivity contribution in [1.29, 1.82) is 0 Å². The minimum atomic E-state index is 0.537. The Labute approximate surface area is 112 Å². The highest BCUT2D eigenvalue weighted by atomic mass is 16.5. The molecule has 0 atom stereocenters. The van der Waals surface area contributed by atoms with Gasteiger partial charge in [-0.05, 0) is 44.2 Å². The standard InChI is InChI=1S/C14H20N4O/c1-10-3-6-12-13(16-10)18(14(15)17-12)7-2-8-19-9-11-4-5-11/h3,6,11H,2,4-5,7-9H2,1H3,(H2,15,17). The van der Waals surface area contributed by atoms with Crippen molar-refractivity contribution < 1.29 is 4.74 Å². The van der Waals surface area contributed by atoms with Gasteiger partial charge in [-0.15, -0.1) is 0 Å². The number of anilines is 1. The van der Waals surface area contributed by atoms with Crippen LogP contribution in [-0.4, -0.2) is 27.7 Å². The molecular formula is C14H20N4O. The highest BCUT2D eigenvalue weighted by molar-refractivity contribution is 5.74. The predicted octanol–water partition coefficient (Wildman–Crippen LogP) is 2.14. The number of aryl methyl sites for hydroxylation is 2. The molecule has 5 heteroatoms. The smallest absolute Gasteiger partial charge is 0.202 e. The molecule has 1 aliphatic rings. The van der Waals surface area contributed by atoms with Gasteiger partial charge in [0.2, 0.25) is 5.95 Å². The molecule has 0 unspecified atom stereocenters. The molecule has 0 aromatic carbocycles. The van der Waals surface area contributed by atoms with E-state index in [-0.39, 0.29) is 0 Å². The molecule has 0 amide bonds. The summed E-state index contributed by atoms with van der Waals surface area (Å²) >= 11 is 0. The normalized spacial score (nSPS) is 15.2. The van der Waals surface area contributed by atoms with E-state index >= 15 is 0 Å². The number of rotatable bonds is 6. The second-order valence-corrected chi connectivity index (χ2v) is 5.29. The van der Waals surface area contributed by atoms with E-state index in [1.807, 2.05) is 23.6 Å². The first kappa shape index (κ1) is 12.4. The van der Waals surface area contributed by atoms with Gasteiger partial charge >= 0.3 is 0 Å². The molecular weight excluding hydrogens is 240 g/mol. The maximum absolute atomic E-state index is 5.95. The highest BCUT2D eigenvalue weighted by Gasteiger charge is 2.20. The zero-order chi connectivity index (χ0) is 13.2. The van der Waals surface area contributed by atoms with Crippen molar-refractivity contribution in [3.63, 3.8) is 0 Å². The minimum Gasteiger partial charge on any atom is -0.381 e. The molecule has 1 aliphatic carbocycles. The fourth-order valence-corrected chi connectivity index (χ4v) is 2.19. The van der Waals surface area contributed by atoms with Gasteiger partial charge in [0.1, 0.15) is 5.52 Å². The maximum atomic E-state index is 5.95. The minimum absolute atomic E-state index is 0.537. The van der Waals surface area contributed by atoms with E-state index in [4.69, 9.17) is 10.5 Å². The van der Waals surface area contributed by atoms with E-state index in [0.29, 0.717) is 5.95 Å². The van der Waals surface area contributed by atoms with Crippen LogP contribution in [0.2, 0.25) is 0 Å². The molecule has 1 fully saturated rings. The number of nitrogen functional groups attached to an aromatic ring is 1. The van der Waals surface area contributed by atoms with Gasteiger partial charge in [-0.3, -0.25) is 4.57 Å². The Morgan fingerprint density at radius 1 is 1.37 bits per heavy atom. The molecule has 2 heterocycles. The summed E-state index contributed by atoms with van der Waals surface area (Å²) in [4.78, 5) is 8.84. The van der Waals surface area contributed by atoms with Crippen LogP contribution in [-0.2, 0) is 11.3 Å². The first-order chi connectivity index (χ1) is 9.24. The van der Waals surface area contributed by atoms with Crippen LogP contribution in [0.25, 0.3) is 11.2 Å². The van der Waals surface area contributed by atoms with Gasteiger partial charge in [0.25, 0.3) is 0 Å². The van der Waals surface area contributed by atoms with Crippen molar-refractivity contribution in [1.82, 2.24) is 14.5 Å². The first-order valence-electron chi connectivity index (χ1n) is 6.91. The fourth-order valence-electron chi connectivity index (χ4n) is 2.19. The summed E-state index contributed by atoms with van der Waals surface area (Å²) in [7, 11) is 0. The average molecular weight is 260 g/mol. The number of aromatic nitrogens is 3. The molecule has 19 heavy (non-hydrogen) atoms. The molecule has 2 N–H and O–H groups in total. The third kappa shape index (κ3) is 2.87. The maximum Gasteiger partial charge on any atom is 0.202 e. The van der Waals surface area contributed by atoms with Crippen molar-refractivity contribution in [3.8, 4) is 0 Å². The van der Waals surface area contributed by atoms with Crippen LogP contribution in [0.4, 0.5) is 5.95 Å². The van der Waals surface area contributed by atoms with E-state index in [2.05, 4.69) is 9.97 Å². The Kier molecular flexibility index (Phi) is 3.38. The van der Waals surface area contributed by atoms with Crippen LogP contribution >= 0.6 is 0 Å². The summed E-state index contributed by atoms with van der Waals surface area (Å²) in [5.74, 6) is 1.36. The van der Waals surface area contributed by atoms with Crippen LogP contribution in [0.3, 0.4) is 0 Å². The Bertz CT molecular complexity index is 574. The molecule has 0 aliphatic heterocycles. The number of fused-ring (bicyclic) bond motifs is 1. The van der Waals surface area contributed by atoms with Gasteiger partial charge in [0.15, 0.2) is 5.65 Å². The summed E-state index contributed by atoms with van der Waals surface area (Å²) in [6.45, 7) is 4.48. The van der Waals surface area contributed by atoms with Gasteiger partial charge in [0, 0.05) is 25.5 Å². The van der Waals surface area contributed by atoms with Crippen LogP contribution < -0.4 is 5.73 Å². The number of ether oxygens (including phenoxy) is 1. The number of hydrogen-bond donors (Lipinski definition) is 1. The van der Waals surface area contributed by atoms with Crippen molar-refractivity contribution in [2.75, 3.05) is 18.9 Å². The number of nitrogens with two attached hydrogens (primary N) is 1. The van der Waals surface area contributed by atoms with E-state index < -0.39 is 0 Å². The molecule has 3 rings (SSSR count). The number of pyridine rings is 1. The summed E-state index contributed by atoms with van der Waals surface area (Å²) in [5, 5.41) is 0. The third-order valence-electron chi connectivity index (χ3n) is 3.48. The van der Waals surface area contributed by atoms with Crippen LogP contribution in [0, 0.1) is 12.8 Å². The highest BCUT2D eigenvalue weighted by Crippen LogP contribution is 2.28. The Balaban J connectivity index is 1.62. The van der Waals surface area contributed by atoms with Crippen LogP contribution in [0.15, 0.2) is 12.1 Å². The van der Waals surface area contributed by atoms with Crippen LogP contribution in [0.1, 0.15) is 25.0 Å². The molecule has 0 saturated heterocycles. The number of imidazole rings is 1. The Morgan fingerprint density at radius 3 is 3.00 bits per heavy atom. The molecule has 0 spiro atoms. The van der Waals surface area contributed by atoms with E-state index in [0.717, 1.165) is 49.0 Å². The third-order valence-corrected chi connectivity index (χ3v) is 3.48. The molecule has 1 saturated carbocycles. The van der Waals surface area contributed by atoms with E-state index in [1.165, 1.54) is 12.8 Å². The van der Waals surface area contributed by atoms with Gasteiger partial charge in [-0.25, -0.2) is 9.97 Å². The largest absolute Gasteiger partial charge is 0.381 e. The first-order valence-corrected chi connectivity index (χ1v) is 6.91. The van der Waals surface area contributed by atoms with E-state index in [9.17, 15) is 0 Å². The lowest BCUT2D eigenvalue weighted by molar-refractivity contribution is 0.119. The molecule has 102 valence electrons. The second-order valence-electron chi connectivity index (χ2n) is 5.29. The van der Waals surface area contributed by atoms with Crippen LogP contribution in [0.5, 0.6) is 0 Å². The monoisotopic (exact) mass is 260 g/mol. The summed E-state index contributed by atoms with van der Waals surface area (Å²) in [5.41, 5.74) is 8.67. The average Bonchev–Trinajstić information content (AvgIpc) is 3.15. The van der Waals surface area contributed by atoms with Crippen molar-refractivity contribution in [2.24, 2.45) is 5.92 Å². The molecule has 0 radical (unpaired) electrons. The SMILES string of the molecule is Cc1ccc2nc(N)n(CCCOCC3CC3)c2n1. The Hall–Kier alpha value is -1.62. The number of hydrogen-bond acceptors (Lipinski definition) is 4. The summed E-state index contributed by atoms with van der Waals surface area (Å²) in [6, 6.07) is 3.92. The second kappa shape index (κ2) is 5.17. The summed E-state index contributed by atoms with van der Waals surface area (Å²) < 4.78 is 7.61. The quantitative estimate of drug-likeness (QED) is 0.808. The molecule has 0 bridgehead atoms.